The molecule has 7 heteroatoms. The molecule has 0 unspecified atom stereocenters. The first-order chi connectivity index (χ1) is 18.9. The zero-order valence-corrected chi connectivity index (χ0v) is 22.6. The van der Waals surface area contributed by atoms with Crippen LogP contribution in [0.4, 0.5) is 0 Å². The number of allylic oxidation sites excluding steroid dienone is 2. The Balaban J connectivity index is 0.000000293. The minimum absolute atomic E-state index is 0.329. The minimum atomic E-state index is -0.883. The number of carbonyl (C=O) groups is 2. The first-order valence-electron chi connectivity index (χ1n) is 12.6. The van der Waals surface area contributed by atoms with E-state index in [1.807, 2.05) is 38.5 Å². The maximum Gasteiger partial charge on any atom is 0.335 e. The second-order valence-corrected chi connectivity index (χ2v) is 9.04. The van der Waals surface area contributed by atoms with Crippen molar-refractivity contribution in [3.05, 3.63) is 119 Å². The van der Waals surface area contributed by atoms with Crippen LogP contribution in [0.2, 0.25) is 0 Å². The summed E-state index contributed by atoms with van der Waals surface area (Å²) in [6.07, 6.45) is 10.4. The summed E-state index contributed by atoms with van der Waals surface area (Å²) < 4.78 is 1.74. The number of aromatic nitrogens is 3. The Kier molecular flexibility index (Phi) is 10.7. The summed E-state index contributed by atoms with van der Waals surface area (Å²) in [5, 5.41) is 15.8. The maximum atomic E-state index is 11.0. The van der Waals surface area contributed by atoms with Crippen molar-refractivity contribution in [3.8, 4) is 11.3 Å². The molecule has 0 atom stereocenters. The molecule has 4 aromatic rings. The number of carboxylic acids is 1. The highest BCUT2D eigenvalue weighted by Crippen LogP contribution is 2.28. The van der Waals surface area contributed by atoms with Crippen LogP contribution in [0.3, 0.4) is 0 Å². The molecule has 4 rings (SSSR count). The zero-order chi connectivity index (χ0) is 28.2. The molecule has 2 aromatic heterocycles. The molecule has 0 fully saturated rings. The van der Waals surface area contributed by atoms with Gasteiger partial charge in [0.25, 0.3) is 0 Å². The Morgan fingerprint density at radius 2 is 1.87 bits per heavy atom. The molecular weight excluding hydrogens is 488 g/mol. The smallest absolute Gasteiger partial charge is 0.335 e. The number of rotatable bonds is 10. The van der Waals surface area contributed by atoms with Gasteiger partial charge in [0.15, 0.2) is 6.29 Å². The number of pyridine rings is 1. The summed E-state index contributed by atoms with van der Waals surface area (Å²) in [5.74, 6) is -0.883. The lowest BCUT2D eigenvalue weighted by molar-refractivity contribution is 0.0696. The summed E-state index contributed by atoms with van der Waals surface area (Å²) in [5.41, 5.74) is 8.48. The molecule has 200 valence electrons. The molecule has 2 aromatic carbocycles. The SMILES string of the molecule is C=CCC/C(=C\c1cc(-c2cc(C=O)nn2C)ccc1C)c1cccnc1.CNCc1ccc(C(=O)O)cc1. The largest absolute Gasteiger partial charge is 0.478 e. The van der Waals surface area contributed by atoms with Crippen molar-refractivity contribution in [3.63, 3.8) is 0 Å². The van der Waals surface area contributed by atoms with Gasteiger partial charge in [-0.05, 0) is 85.0 Å². The number of carbonyl (C=O) groups excluding carboxylic acids is 1. The number of nitrogens with one attached hydrogen (secondary N) is 1. The van der Waals surface area contributed by atoms with Gasteiger partial charge >= 0.3 is 5.97 Å². The Morgan fingerprint density at radius 3 is 2.46 bits per heavy atom. The van der Waals surface area contributed by atoms with Crippen molar-refractivity contribution < 1.29 is 14.7 Å². The number of nitrogens with zero attached hydrogens (tertiary/aromatic N) is 3. The summed E-state index contributed by atoms with van der Waals surface area (Å²) in [4.78, 5) is 25.7. The van der Waals surface area contributed by atoms with Crippen molar-refractivity contribution >= 4 is 23.9 Å². The lowest BCUT2D eigenvalue weighted by atomic mass is 9.96. The van der Waals surface area contributed by atoms with E-state index in [2.05, 4.69) is 59.2 Å². The Bertz CT molecular complexity index is 1440. The molecule has 0 aliphatic heterocycles. The highest BCUT2D eigenvalue weighted by Gasteiger charge is 2.10. The topological polar surface area (TPSA) is 97.1 Å². The predicted octanol–water partition coefficient (Wildman–Crippen LogP) is 6.21. The summed E-state index contributed by atoms with van der Waals surface area (Å²) in [6.45, 7) is 6.71. The van der Waals surface area contributed by atoms with Gasteiger partial charge in [0.05, 0.1) is 11.3 Å². The van der Waals surface area contributed by atoms with Crippen LogP contribution in [0.5, 0.6) is 0 Å². The quantitative estimate of drug-likeness (QED) is 0.190. The molecule has 0 spiro atoms. The number of carboxylic acid groups (broad SMARTS) is 1. The molecule has 39 heavy (non-hydrogen) atoms. The first-order valence-corrected chi connectivity index (χ1v) is 12.6. The van der Waals surface area contributed by atoms with E-state index in [0.29, 0.717) is 11.3 Å². The van der Waals surface area contributed by atoms with Crippen molar-refractivity contribution in [2.24, 2.45) is 7.05 Å². The zero-order valence-electron chi connectivity index (χ0n) is 22.6. The second-order valence-electron chi connectivity index (χ2n) is 9.04. The van der Waals surface area contributed by atoms with Gasteiger partial charge in [-0.3, -0.25) is 14.5 Å². The summed E-state index contributed by atoms with van der Waals surface area (Å²) in [7, 11) is 3.70. The van der Waals surface area contributed by atoms with Crippen LogP contribution in [-0.4, -0.2) is 39.2 Å². The molecule has 7 nitrogen and oxygen atoms in total. The molecule has 2 heterocycles. The maximum absolute atomic E-state index is 11.0. The van der Waals surface area contributed by atoms with Gasteiger partial charge in [0, 0.05) is 31.5 Å². The molecule has 0 radical (unpaired) electrons. The first kappa shape index (κ1) is 28.9. The monoisotopic (exact) mass is 522 g/mol. The number of aldehydes is 1. The van der Waals surface area contributed by atoms with Crippen LogP contribution in [0.1, 0.15) is 55.9 Å². The molecule has 0 aliphatic carbocycles. The molecular formula is C32H34N4O3. The van der Waals surface area contributed by atoms with Gasteiger partial charge in [-0.25, -0.2) is 4.79 Å². The third kappa shape index (κ3) is 8.18. The fourth-order valence-corrected chi connectivity index (χ4v) is 4.04. The highest BCUT2D eigenvalue weighted by atomic mass is 16.4. The predicted molar refractivity (Wildman–Crippen MR) is 156 cm³/mol. The average Bonchev–Trinajstić information content (AvgIpc) is 3.34. The van der Waals surface area contributed by atoms with Crippen LogP contribution < -0.4 is 5.32 Å². The molecule has 0 bridgehead atoms. The van der Waals surface area contributed by atoms with Crippen molar-refractivity contribution in [2.45, 2.75) is 26.3 Å². The minimum Gasteiger partial charge on any atom is -0.478 e. The Morgan fingerprint density at radius 1 is 1.10 bits per heavy atom. The fraction of sp³-hybridized carbons (Fsp3) is 0.188. The molecule has 0 amide bonds. The van der Waals surface area contributed by atoms with E-state index in [1.54, 1.807) is 35.1 Å². The number of hydrogen-bond donors (Lipinski definition) is 2. The third-order valence-corrected chi connectivity index (χ3v) is 6.16. The van der Waals surface area contributed by atoms with Crippen molar-refractivity contribution in [2.75, 3.05) is 7.05 Å². The van der Waals surface area contributed by atoms with E-state index in [-0.39, 0.29) is 0 Å². The third-order valence-electron chi connectivity index (χ3n) is 6.16. The van der Waals surface area contributed by atoms with Gasteiger partial charge in [-0.1, -0.05) is 42.5 Å². The number of aryl methyl sites for hydroxylation is 2. The number of benzene rings is 2. The second kappa shape index (κ2) is 14.4. The van der Waals surface area contributed by atoms with E-state index in [0.717, 1.165) is 53.6 Å². The van der Waals surface area contributed by atoms with Crippen LogP contribution in [0.25, 0.3) is 22.9 Å². The van der Waals surface area contributed by atoms with E-state index in [1.165, 1.54) is 11.1 Å². The van der Waals surface area contributed by atoms with Crippen LogP contribution in [-0.2, 0) is 13.6 Å². The normalized spacial score (nSPS) is 10.9. The van der Waals surface area contributed by atoms with Crippen LogP contribution in [0.15, 0.2) is 85.7 Å². The molecule has 2 N–H and O–H groups in total. The van der Waals surface area contributed by atoms with Gasteiger partial charge < -0.3 is 10.4 Å². The number of aromatic carboxylic acids is 1. The van der Waals surface area contributed by atoms with Crippen LogP contribution >= 0.6 is 0 Å². The van der Waals surface area contributed by atoms with Gasteiger partial charge in [0.1, 0.15) is 5.69 Å². The average molecular weight is 523 g/mol. The standard InChI is InChI=1S/C23H23N3O.C9H11NO2/c1-4-5-7-18(20-8-6-11-24-15-20)12-21-13-19(10-9-17(21)2)23-14-22(16-27)25-26(23)3;1-10-6-7-2-4-8(5-3-7)9(11)12/h4,6,8-16H,1,5,7H2,2-3H3;2-5,10H,6H2,1H3,(H,11,12)/b18-12+;. The lowest BCUT2D eigenvalue weighted by Gasteiger charge is -2.10. The highest BCUT2D eigenvalue weighted by molar-refractivity contribution is 5.87. The van der Waals surface area contributed by atoms with E-state index >= 15 is 0 Å². The van der Waals surface area contributed by atoms with Gasteiger partial charge in [0.2, 0.25) is 0 Å². The lowest BCUT2D eigenvalue weighted by Crippen LogP contribution is -2.05. The Hall–Kier alpha value is -4.62. The Labute approximate surface area is 229 Å². The fourth-order valence-electron chi connectivity index (χ4n) is 4.04. The van der Waals surface area contributed by atoms with E-state index < -0.39 is 5.97 Å². The van der Waals surface area contributed by atoms with E-state index in [4.69, 9.17) is 5.11 Å². The van der Waals surface area contributed by atoms with Gasteiger partial charge in [-0.15, -0.1) is 6.58 Å². The van der Waals surface area contributed by atoms with Crippen molar-refractivity contribution in [1.82, 2.24) is 20.1 Å². The molecule has 0 saturated heterocycles. The summed E-state index contributed by atoms with van der Waals surface area (Å²) >= 11 is 0. The van der Waals surface area contributed by atoms with Gasteiger partial charge in [-0.2, -0.15) is 5.10 Å². The summed E-state index contributed by atoms with van der Waals surface area (Å²) in [6, 6.07) is 19.0. The van der Waals surface area contributed by atoms with Crippen molar-refractivity contribution in [1.29, 1.82) is 0 Å². The molecule has 0 saturated carbocycles. The van der Waals surface area contributed by atoms with Crippen LogP contribution in [0, 0.1) is 6.92 Å². The van der Waals surface area contributed by atoms with E-state index in [9.17, 15) is 9.59 Å². The number of hydrogen-bond acceptors (Lipinski definition) is 5. The molecule has 0 aliphatic rings.